The van der Waals surface area contributed by atoms with Crippen molar-refractivity contribution in [2.75, 3.05) is 13.2 Å². The van der Waals surface area contributed by atoms with Gasteiger partial charge in [-0.3, -0.25) is 0 Å². The summed E-state index contributed by atoms with van der Waals surface area (Å²) in [5.41, 5.74) is 0. The van der Waals surface area contributed by atoms with E-state index in [9.17, 15) is 4.79 Å². The average Bonchev–Trinajstić information content (AvgIpc) is 2.21. The molecule has 0 rings (SSSR count). The lowest BCUT2D eigenvalue weighted by molar-refractivity contribution is -0.137. The predicted molar refractivity (Wildman–Crippen MR) is 68.9 cm³/mol. The van der Waals surface area contributed by atoms with Crippen LogP contribution >= 0.6 is 0 Å². The van der Waals surface area contributed by atoms with Gasteiger partial charge in [0.25, 0.3) is 0 Å². The summed E-state index contributed by atoms with van der Waals surface area (Å²) in [5.74, 6) is 0.230. The molecule has 4 heteroatoms. The first kappa shape index (κ1) is 15.4. The maximum Gasteiger partial charge on any atom is 0.330 e. The third kappa shape index (κ3) is 8.68. The fourth-order valence-electron chi connectivity index (χ4n) is 1.19. The largest absolute Gasteiger partial charge is 0.463 e. The molecule has 0 amide bonds. The summed E-state index contributed by atoms with van der Waals surface area (Å²) in [5, 5.41) is 0. The Labute approximate surface area is 100.0 Å². The molecule has 0 unspecified atom stereocenters. The van der Waals surface area contributed by atoms with Gasteiger partial charge in [-0.1, -0.05) is 20.4 Å². The van der Waals surface area contributed by atoms with E-state index < -0.39 is 8.32 Å². The van der Waals surface area contributed by atoms with Crippen molar-refractivity contribution in [1.82, 2.24) is 0 Å². The highest BCUT2D eigenvalue weighted by molar-refractivity contribution is 6.71. The quantitative estimate of drug-likeness (QED) is 0.285. The number of carbonyl (C=O) groups excluding carboxylic acids is 1. The van der Waals surface area contributed by atoms with Crippen LogP contribution in [0.15, 0.2) is 12.7 Å². The Hall–Kier alpha value is -0.613. The van der Waals surface area contributed by atoms with Crippen molar-refractivity contribution in [2.45, 2.75) is 39.4 Å². The van der Waals surface area contributed by atoms with E-state index in [-0.39, 0.29) is 5.97 Å². The second kappa shape index (κ2) is 7.63. The Morgan fingerprint density at radius 3 is 2.56 bits per heavy atom. The topological polar surface area (TPSA) is 35.5 Å². The van der Waals surface area contributed by atoms with Crippen LogP contribution in [0, 0.1) is 5.92 Å². The zero-order chi connectivity index (χ0) is 12.6. The fraction of sp³-hybridized carbons (Fsp3) is 0.750. The van der Waals surface area contributed by atoms with Gasteiger partial charge in [0.05, 0.1) is 6.61 Å². The minimum atomic E-state index is -1.57. The van der Waals surface area contributed by atoms with E-state index in [2.05, 4.69) is 33.5 Å². The molecule has 0 saturated carbocycles. The van der Waals surface area contributed by atoms with Crippen LogP contribution in [-0.4, -0.2) is 27.5 Å². The normalized spacial score (nSPS) is 11.6. The van der Waals surface area contributed by atoms with Crippen LogP contribution in [0.4, 0.5) is 0 Å². The molecule has 3 nitrogen and oxygen atoms in total. The van der Waals surface area contributed by atoms with Gasteiger partial charge in [0.15, 0.2) is 8.32 Å². The molecule has 0 radical (unpaired) electrons. The number of ether oxygens (including phenoxy) is 1. The second-order valence-corrected chi connectivity index (χ2v) is 9.25. The minimum Gasteiger partial charge on any atom is -0.463 e. The van der Waals surface area contributed by atoms with E-state index in [4.69, 9.17) is 9.16 Å². The van der Waals surface area contributed by atoms with Gasteiger partial charge in [-0.25, -0.2) is 4.79 Å². The Morgan fingerprint density at radius 2 is 2.06 bits per heavy atom. The first-order valence-corrected chi connectivity index (χ1v) is 8.92. The molecular weight excluding hydrogens is 220 g/mol. The Morgan fingerprint density at radius 1 is 1.44 bits per heavy atom. The summed E-state index contributed by atoms with van der Waals surface area (Å²) in [6.45, 7) is 13.3. The van der Waals surface area contributed by atoms with Crippen molar-refractivity contribution in [1.29, 1.82) is 0 Å². The summed E-state index contributed by atoms with van der Waals surface area (Å²) in [7, 11) is -1.57. The Balaban J connectivity index is 3.65. The highest BCUT2D eigenvalue weighted by Gasteiger charge is 2.22. The van der Waals surface area contributed by atoms with Crippen molar-refractivity contribution in [3.05, 3.63) is 12.7 Å². The van der Waals surface area contributed by atoms with Crippen molar-refractivity contribution in [3.63, 3.8) is 0 Å². The molecule has 16 heavy (non-hydrogen) atoms. The van der Waals surface area contributed by atoms with E-state index in [1.165, 1.54) is 6.08 Å². The number of esters is 1. The molecule has 0 aromatic heterocycles. The summed E-state index contributed by atoms with van der Waals surface area (Å²) in [4.78, 5) is 10.8. The van der Waals surface area contributed by atoms with Crippen LogP contribution in [0.1, 0.15) is 20.3 Å². The first-order chi connectivity index (χ1) is 7.37. The molecule has 0 aliphatic heterocycles. The lowest BCUT2D eigenvalue weighted by atomic mass is 10.2. The van der Waals surface area contributed by atoms with Crippen LogP contribution in [0.5, 0.6) is 0 Å². The van der Waals surface area contributed by atoms with Crippen molar-refractivity contribution >= 4 is 14.3 Å². The lowest BCUT2D eigenvalue weighted by Crippen LogP contribution is -2.32. The molecule has 0 bridgehead atoms. The number of hydrogen-bond donors (Lipinski definition) is 0. The van der Waals surface area contributed by atoms with Crippen LogP contribution in [0.3, 0.4) is 0 Å². The molecule has 0 spiro atoms. The molecule has 0 atom stereocenters. The van der Waals surface area contributed by atoms with Crippen LogP contribution in [0.2, 0.25) is 19.1 Å². The molecule has 0 aliphatic rings. The summed E-state index contributed by atoms with van der Waals surface area (Å²) in [6, 6.07) is 1.02. The van der Waals surface area contributed by atoms with Gasteiger partial charge < -0.3 is 9.16 Å². The minimum absolute atomic E-state index is 0.345. The van der Waals surface area contributed by atoms with Gasteiger partial charge in [-0.2, -0.15) is 0 Å². The van der Waals surface area contributed by atoms with Crippen LogP contribution in [0.25, 0.3) is 0 Å². The zero-order valence-corrected chi connectivity index (χ0v) is 11.9. The highest BCUT2D eigenvalue weighted by Crippen LogP contribution is 2.15. The fourth-order valence-corrected chi connectivity index (χ4v) is 3.12. The zero-order valence-electron chi connectivity index (χ0n) is 10.9. The average molecular weight is 244 g/mol. The van der Waals surface area contributed by atoms with E-state index in [0.29, 0.717) is 12.5 Å². The van der Waals surface area contributed by atoms with Crippen LogP contribution in [-0.2, 0) is 14.0 Å². The smallest absolute Gasteiger partial charge is 0.330 e. The summed E-state index contributed by atoms with van der Waals surface area (Å²) in [6.07, 6.45) is 2.06. The first-order valence-electron chi connectivity index (χ1n) is 5.80. The molecule has 0 aliphatic carbocycles. The van der Waals surface area contributed by atoms with Crippen molar-refractivity contribution in [3.8, 4) is 0 Å². The maximum absolute atomic E-state index is 10.8. The number of carbonyl (C=O) groups is 1. The van der Waals surface area contributed by atoms with Gasteiger partial charge in [0.1, 0.15) is 0 Å². The van der Waals surface area contributed by atoms with E-state index in [1.807, 2.05) is 0 Å². The van der Waals surface area contributed by atoms with Gasteiger partial charge in [-0.05, 0) is 31.5 Å². The third-order valence-corrected chi connectivity index (χ3v) is 4.65. The standard InChI is InChI=1S/C12H24O3Si/c1-6-12(13)14-8-7-9-16(4,5)15-10-11(2)3/h6,11H,1,7-10H2,2-5H3. The summed E-state index contributed by atoms with van der Waals surface area (Å²) >= 11 is 0. The van der Waals surface area contributed by atoms with Gasteiger partial charge >= 0.3 is 5.97 Å². The van der Waals surface area contributed by atoms with Gasteiger partial charge in [-0.15, -0.1) is 0 Å². The lowest BCUT2D eigenvalue weighted by Gasteiger charge is -2.23. The maximum atomic E-state index is 10.8. The van der Waals surface area contributed by atoms with Gasteiger partial charge in [0, 0.05) is 12.7 Å². The predicted octanol–water partition coefficient (Wildman–Crippen LogP) is 2.98. The molecule has 0 heterocycles. The SMILES string of the molecule is C=CC(=O)OCCC[Si](C)(C)OCC(C)C. The Bertz CT molecular complexity index is 224. The monoisotopic (exact) mass is 244 g/mol. The number of rotatable bonds is 8. The third-order valence-electron chi connectivity index (χ3n) is 2.14. The van der Waals surface area contributed by atoms with Crippen molar-refractivity contribution < 1.29 is 14.0 Å². The molecule has 0 aromatic carbocycles. The highest BCUT2D eigenvalue weighted by atomic mass is 28.4. The van der Waals surface area contributed by atoms with E-state index in [1.54, 1.807) is 0 Å². The second-order valence-electron chi connectivity index (χ2n) is 4.94. The van der Waals surface area contributed by atoms with E-state index >= 15 is 0 Å². The van der Waals surface area contributed by atoms with Crippen LogP contribution < -0.4 is 0 Å². The molecule has 0 N–H and O–H groups in total. The molecule has 0 fully saturated rings. The van der Waals surface area contributed by atoms with Crippen molar-refractivity contribution in [2.24, 2.45) is 5.92 Å². The summed E-state index contributed by atoms with van der Waals surface area (Å²) < 4.78 is 10.8. The molecular formula is C12H24O3Si. The Kier molecular flexibility index (Phi) is 7.33. The number of hydrogen-bond acceptors (Lipinski definition) is 3. The van der Waals surface area contributed by atoms with E-state index in [0.717, 1.165) is 19.1 Å². The molecule has 0 aromatic rings. The molecule has 0 saturated heterocycles. The molecule has 94 valence electrons. The van der Waals surface area contributed by atoms with Gasteiger partial charge in [0.2, 0.25) is 0 Å².